The molecular weight excluding hydrogens is 460 g/mol. The quantitative estimate of drug-likeness (QED) is 0.363. The number of anilines is 2. The SMILES string of the molecule is Cc1ncsc1CNc1ccc2c(c1)Cc1cccc(C3CN(c4ccc[nH]c4=O)CCO3)c1O2. The summed E-state index contributed by atoms with van der Waals surface area (Å²) in [6.07, 6.45) is 2.27. The van der Waals surface area contributed by atoms with E-state index in [4.69, 9.17) is 9.47 Å². The number of thiazole rings is 1. The number of nitrogens with zero attached hydrogens (tertiary/aromatic N) is 2. The first-order valence-corrected chi connectivity index (χ1v) is 12.6. The topological polar surface area (TPSA) is 79.5 Å². The van der Waals surface area contributed by atoms with Gasteiger partial charge in [-0.25, -0.2) is 4.98 Å². The maximum atomic E-state index is 12.3. The van der Waals surface area contributed by atoms with Gasteiger partial charge in [-0.3, -0.25) is 4.79 Å². The highest BCUT2D eigenvalue weighted by atomic mass is 32.1. The second-order valence-electron chi connectivity index (χ2n) is 8.84. The molecule has 35 heavy (non-hydrogen) atoms. The molecule has 0 saturated carbocycles. The van der Waals surface area contributed by atoms with Crippen LogP contribution < -0.4 is 20.5 Å². The summed E-state index contributed by atoms with van der Waals surface area (Å²) in [5.41, 5.74) is 7.94. The first-order valence-electron chi connectivity index (χ1n) is 11.8. The van der Waals surface area contributed by atoms with E-state index in [-0.39, 0.29) is 11.7 Å². The second-order valence-corrected chi connectivity index (χ2v) is 9.78. The third-order valence-corrected chi connectivity index (χ3v) is 7.56. The smallest absolute Gasteiger partial charge is 0.271 e. The lowest BCUT2D eigenvalue weighted by molar-refractivity contribution is 0.0383. The van der Waals surface area contributed by atoms with Gasteiger partial charge in [0.15, 0.2) is 0 Å². The minimum atomic E-state index is -0.177. The summed E-state index contributed by atoms with van der Waals surface area (Å²) >= 11 is 1.67. The lowest BCUT2D eigenvalue weighted by Gasteiger charge is -2.35. The lowest BCUT2D eigenvalue weighted by Crippen LogP contribution is -2.41. The summed E-state index contributed by atoms with van der Waals surface area (Å²) in [4.78, 5) is 22.7. The molecule has 1 atom stereocenters. The van der Waals surface area contributed by atoms with Crippen LogP contribution in [0.4, 0.5) is 11.4 Å². The van der Waals surface area contributed by atoms with Gasteiger partial charge in [-0.1, -0.05) is 18.2 Å². The van der Waals surface area contributed by atoms with Gasteiger partial charge < -0.3 is 24.7 Å². The Balaban J connectivity index is 1.22. The van der Waals surface area contributed by atoms with Crippen LogP contribution in [0.3, 0.4) is 0 Å². The number of H-pyrrole nitrogens is 1. The highest BCUT2D eigenvalue weighted by Crippen LogP contribution is 2.43. The van der Waals surface area contributed by atoms with Crippen LogP contribution in [-0.2, 0) is 17.7 Å². The molecule has 0 aliphatic carbocycles. The predicted molar refractivity (Wildman–Crippen MR) is 138 cm³/mol. The number of benzene rings is 2. The monoisotopic (exact) mass is 486 g/mol. The van der Waals surface area contributed by atoms with Crippen molar-refractivity contribution < 1.29 is 9.47 Å². The molecule has 1 fully saturated rings. The molecule has 2 aliphatic rings. The number of hydrogen-bond donors (Lipinski definition) is 2. The van der Waals surface area contributed by atoms with Crippen molar-refractivity contribution >= 4 is 22.7 Å². The van der Waals surface area contributed by atoms with Crippen LogP contribution in [0, 0.1) is 6.92 Å². The van der Waals surface area contributed by atoms with Gasteiger partial charge in [0.1, 0.15) is 23.3 Å². The zero-order valence-corrected chi connectivity index (χ0v) is 20.2. The number of ether oxygens (including phenoxy) is 2. The summed E-state index contributed by atoms with van der Waals surface area (Å²) in [6.45, 7) is 4.62. The zero-order chi connectivity index (χ0) is 23.8. The van der Waals surface area contributed by atoms with Crippen molar-refractivity contribution in [2.24, 2.45) is 0 Å². The minimum absolute atomic E-state index is 0.0802. The number of para-hydroxylation sites is 1. The van der Waals surface area contributed by atoms with Crippen molar-refractivity contribution in [2.45, 2.75) is 26.0 Å². The summed E-state index contributed by atoms with van der Waals surface area (Å²) < 4.78 is 12.6. The van der Waals surface area contributed by atoms with Gasteiger partial charge in [0.05, 0.1) is 24.4 Å². The normalized spacial score (nSPS) is 16.8. The van der Waals surface area contributed by atoms with E-state index in [0.29, 0.717) is 25.4 Å². The van der Waals surface area contributed by atoms with Gasteiger partial charge in [-0.15, -0.1) is 11.3 Å². The Morgan fingerprint density at radius 2 is 2.14 bits per heavy atom. The second kappa shape index (κ2) is 9.20. The molecule has 2 aliphatic heterocycles. The van der Waals surface area contributed by atoms with E-state index in [1.165, 1.54) is 4.88 Å². The summed E-state index contributed by atoms with van der Waals surface area (Å²) in [5, 5.41) is 3.51. The molecule has 2 aromatic heterocycles. The Morgan fingerprint density at radius 3 is 3.00 bits per heavy atom. The molecule has 4 heterocycles. The summed E-state index contributed by atoms with van der Waals surface area (Å²) in [7, 11) is 0. The maximum absolute atomic E-state index is 12.3. The molecule has 0 amide bonds. The van der Waals surface area contributed by atoms with Crippen LogP contribution in [0.15, 0.2) is 65.0 Å². The Labute approximate surface area is 207 Å². The number of rotatable bonds is 5. The van der Waals surface area contributed by atoms with Crippen molar-refractivity contribution in [3.05, 3.63) is 97.9 Å². The molecule has 2 N–H and O–H groups in total. The van der Waals surface area contributed by atoms with Gasteiger partial charge in [0.2, 0.25) is 0 Å². The third-order valence-electron chi connectivity index (χ3n) is 6.63. The largest absolute Gasteiger partial charge is 0.456 e. The molecule has 0 bridgehead atoms. The highest BCUT2D eigenvalue weighted by molar-refractivity contribution is 7.09. The third kappa shape index (κ3) is 4.31. The molecule has 7 nitrogen and oxygen atoms in total. The average Bonchev–Trinajstić information content (AvgIpc) is 3.30. The molecule has 2 aromatic carbocycles. The molecule has 6 rings (SSSR count). The van der Waals surface area contributed by atoms with Crippen LogP contribution in [0.5, 0.6) is 11.5 Å². The van der Waals surface area contributed by atoms with Gasteiger partial charge in [-0.2, -0.15) is 0 Å². The van der Waals surface area contributed by atoms with Crippen LogP contribution in [-0.4, -0.2) is 29.7 Å². The fourth-order valence-corrected chi connectivity index (χ4v) is 5.48. The molecule has 178 valence electrons. The summed E-state index contributed by atoms with van der Waals surface area (Å²) in [6, 6.07) is 16.2. The molecule has 0 spiro atoms. The molecule has 1 unspecified atom stereocenters. The van der Waals surface area contributed by atoms with E-state index >= 15 is 0 Å². The van der Waals surface area contributed by atoms with E-state index < -0.39 is 0 Å². The van der Waals surface area contributed by atoms with E-state index in [1.807, 2.05) is 30.6 Å². The molecule has 4 aromatic rings. The first-order chi connectivity index (χ1) is 17.2. The van der Waals surface area contributed by atoms with E-state index in [1.54, 1.807) is 17.5 Å². The lowest BCUT2D eigenvalue weighted by atomic mass is 9.95. The fraction of sp³-hybridized carbons (Fsp3) is 0.259. The zero-order valence-electron chi connectivity index (χ0n) is 19.4. The van der Waals surface area contributed by atoms with Gasteiger partial charge in [-0.05, 0) is 42.8 Å². The maximum Gasteiger partial charge on any atom is 0.271 e. The minimum Gasteiger partial charge on any atom is -0.456 e. The highest BCUT2D eigenvalue weighted by Gasteiger charge is 2.29. The number of morpholine rings is 1. The van der Waals surface area contributed by atoms with E-state index in [2.05, 4.69) is 50.5 Å². The number of fused-ring (bicyclic) bond motifs is 2. The molecular formula is C27H26N4O3S. The Morgan fingerprint density at radius 1 is 1.20 bits per heavy atom. The summed E-state index contributed by atoms with van der Waals surface area (Å²) in [5.74, 6) is 1.74. The number of pyridine rings is 1. The average molecular weight is 487 g/mol. The number of aryl methyl sites for hydroxylation is 1. The van der Waals surface area contributed by atoms with Crippen molar-refractivity contribution in [3.63, 3.8) is 0 Å². The number of aromatic amines is 1. The Bertz CT molecular complexity index is 1430. The Hall–Kier alpha value is -3.62. The van der Waals surface area contributed by atoms with Crippen molar-refractivity contribution in [2.75, 3.05) is 29.9 Å². The van der Waals surface area contributed by atoms with Crippen LogP contribution in [0.2, 0.25) is 0 Å². The van der Waals surface area contributed by atoms with Crippen molar-refractivity contribution in [1.29, 1.82) is 0 Å². The van der Waals surface area contributed by atoms with Gasteiger partial charge in [0, 0.05) is 47.4 Å². The number of nitrogens with one attached hydrogen (secondary N) is 2. The molecule has 0 radical (unpaired) electrons. The van der Waals surface area contributed by atoms with E-state index in [9.17, 15) is 4.79 Å². The van der Waals surface area contributed by atoms with Gasteiger partial charge >= 0.3 is 0 Å². The van der Waals surface area contributed by atoms with Crippen molar-refractivity contribution in [1.82, 2.24) is 9.97 Å². The fourth-order valence-electron chi connectivity index (χ4n) is 4.76. The number of hydrogen-bond acceptors (Lipinski definition) is 7. The molecule has 1 saturated heterocycles. The van der Waals surface area contributed by atoms with Crippen LogP contribution in [0.1, 0.15) is 33.4 Å². The van der Waals surface area contributed by atoms with Crippen LogP contribution in [0.25, 0.3) is 0 Å². The van der Waals surface area contributed by atoms with Gasteiger partial charge in [0.25, 0.3) is 5.56 Å². The van der Waals surface area contributed by atoms with E-state index in [0.717, 1.165) is 52.5 Å². The predicted octanol–water partition coefficient (Wildman–Crippen LogP) is 5.03. The number of aromatic nitrogens is 2. The molecule has 8 heteroatoms. The Kier molecular flexibility index (Phi) is 5.75. The van der Waals surface area contributed by atoms with Crippen LogP contribution >= 0.6 is 11.3 Å². The van der Waals surface area contributed by atoms with Crippen molar-refractivity contribution in [3.8, 4) is 11.5 Å². The first kappa shape index (κ1) is 21.9. The standard InChI is InChI=1S/C27H26N4O3S/c1-17-25(35-16-30-17)14-29-20-7-8-23-19(13-20)12-18-4-2-5-21(26(18)34-23)24-15-31(10-11-33-24)22-6-3-9-28-27(22)32/h2-9,13,16,24,29H,10-12,14-15H2,1H3,(H,28,32).